The minimum absolute atomic E-state index is 0.112. The second-order valence-corrected chi connectivity index (χ2v) is 5.55. The summed E-state index contributed by atoms with van der Waals surface area (Å²) in [6, 6.07) is 0. The molecule has 0 spiro atoms. The number of carbonyl (C=O) groups excluding carboxylic acids is 3. The number of ether oxygens (including phenoxy) is 2. The summed E-state index contributed by atoms with van der Waals surface area (Å²) in [5.74, 6) is -1.92. The molecular weight excluding hydrogens is 260 g/mol. The van der Waals surface area contributed by atoms with Gasteiger partial charge in [-0.15, -0.1) is 6.58 Å². The molecule has 3 unspecified atom stereocenters. The molecule has 0 radical (unpaired) electrons. The fourth-order valence-corrected chi connectivity index (χ4v) is 3.95. The number of rotatable bonds is 3. The Hall–Kier alpha value is -1.65. The smallest absolute Gasteiger partial charge is 0.323 e. The van der Waals surface area contributed by atoms with Crippen molar-refractivity contribution < 1.29 is 23.9 Å². The van der Waals surface area contributed by atoms with Crippen molar-refractivity contribution in [2.75, 3.05) is 14.2 Å². The van der Waals surface area contributed by atoms with Gasteiger partial charge in [0, 0.05) is 12.3 Å². The second kappa shape index (κ2) is 5.38. The van der Waals surface area contributed by atoms with Gasteiger partial charge in [0.15, 0.2) is 5.41 Å². The average molecular weight is 280 g/mol. The van der Waals surface area contributed by atoms with Crippen LogP contribution < -0.4 is 0 Å². The SMILES string of the molecule is C=CC1CC(C(=O)OC)(C(=O)OC)C2CCCC(=O)C12. The topological polar surface area (TPSA) is 69.7 Å². The average Bonchev–Trinajstić information content (AvgIpc) is 2.82. The maximum absolute atomic E-state index is 12.3. The molecule has 0 N–H and O–H groups in total. The summed E-state index contributed by atoms with van der Waals surface area (Å²) >= 11 is 0. The van der Waals surface area contributed by atoms with Gasteiger partial charge >= 0.3 is 11.9 Å². The van der Waals surface area contributed by atoms with E-state index < -0.39 is 17.4 Å². The molecule has 2 aliphatic carbocycles. The van der Waals surface area contributed by atoms with Crippen LogP contribution >= 0.6 is 0 Å². The Kier molecular flexibility index (Phi) is 3.97. The van der Waals surface area contributed by atoms with Gasteiger partial charge in [0.25, 0.3) is 0 Å². The van der Waals surface area contributed by atoms with Crippen LogP contribution in [0.25, 0.3) is 0 Å². The number of fused-ring (bicyclic) bond motifs is 1. The Morgan fingerprint density at radius 1 is 1.30 bits per heavy atom. The molecule has 0 aromatic rings. The third-order valence-corrected chi connectivity index (χ3v) is 4.80. The highest BCUT2D eigenvalue weighted by Gasteiger charge is 2.65. The highest BCUT2D eigenvalue weighted by Crippen LogP contribution is 2.56. The molecule has 0 heterocycles. The number of hydrogen-bond donors (Lipinski definition) is 0. The van der Waals surface area contributed by atoms with Gasteiger partial charge in [-0.3, -0.25) is 14.4 Å². The molecule has 0 aromatic heterocycles. The number of Topliss-reactive ketones (excluding diaryl/α,β-unsaturated/α-hetero) is 1. The van der Waals surface area contributed by atoms with Gasteiger partial charge in [0.05, 0.1) is 14.2 Å². The van der Waals surface area contributed by atoms with Gasteiger partial charge in [-0.2, -0.15) is 0 Å². The Bertz CT molecular complexity index is 437. The molecule has 5 heteroatoms. The van der Waals surface area contributed by atoms with Crippen LogP contribution in [0.5, 0.6) is 0 Å². The number of ketones is 1. The van der Waals surface area contributed by atoms with Crippen molar-refractivity contribution in [1.29, 1.82) is 0 Å². The number of hydrogen-bond acceptors (Lipinski definition) is 5. The van der Waals surface area contributed by atoms with Gasteiger partial charge < -0.3 is 9.47 Å². The van der Waals surface area contributed by atoms with Crippen LogP contribution in [-0.4, -0.2) is 31.9 Å². The lowest BCUT2D eigenvalue weighted by Crippen LogP contribution is -2.47. The van der Waals surface area contributed by atoms with Crippen LogP contribution in [0.1, 0.15) is 25.7 Å². The molecule has 5 nitrogen and oxygen atoms in total. The van der Waals surface area contributed by atoms with Crippen LogP contribution in [0.4, 0.5) is 0 Å². The number of carbonyl (C=O) groups is 3. The van der Waals surface area contributed by atoms with E-state index in [1.807, 2.05) is 0 Å². The van der Waals surface area contributed by atoms with Crippen molar-refractivity contribution in [1.82, 2.24) is 0 Å². The lowest BCUT2D eigenvalue weighted by atomic mass is 9.68. The van der Waals surface area contributed by atoms with Gasteiger partial charge in [0.1, 0.15) is 5.78 Å². The Morgan fingerprint density at radius 2 is 1.90 bits per heavy atom. The summed E-state index contributed by atoms with van der Waals surface area (Å²) in [4.78, 5) is 36.8. The normalized spacial score (nSPS) is 31.3. The van der Waals surface area contributed by atoms with E-state index in [0.717, 1.165) is 0 Å². The molecule has 0 amide bonds. The third kappa shape index (κ3) is 1.87. The molecule has 3 atom stereocenters. The minimum Gasteiger partial charge on any atom is -0.468 e. The monoisotopic (exact) mass is 280 g/mol. The van der Waals surface area contributed by atoms with Crippen molar-refractivity contribution >= 4 is 17.7 Å². The van der Waals surface area contributed by atoms with Crippen LogP contribution in [0, 0.1) is 23.2 Å². The van der Waals surface area contributed by atoms with Crippen LogP contribution in [0.3, 0.4) is 0 Å². The lowest BCUT2D eigenvalue weighted by molar-refractivity contribution is -0.173. The first-order chi connectivity index (χ1) is 9.52. The number of allylic oxidation sites excluding steroid dienone is 1. The van der Waals surface area contributed by atoms with Crippen molar-refractivity contribution in [2.24, 2.45) is 23.2 Å². The van der Waals surface area contributed by atoms with Gasteiger partial charge in [-0.25, -0.2) is 0 Å². The van der Waals surface area contributed by atoms with E-state index in [2.05, 4.69) is 6.58 Å². The zero-order valence-corrected chi connectivity index (χ0v) is 11.9. The van der Waals surface area contributed by atoms with E-state index in [4.69, 9.17) is 9.47 Å². The van der Waals surface area contributed by atoms with Gasteiger partial charge in [-0.1, -0.05) is 6.08 Å². The molecule has 0 aromatic carbocycles. The molecule has 2 rings (SSSR count). The van der Waals surface area contributed by atoms with Crippen molar-refractivity contribution in [2.45, 2.75) is 25.7 Å². The Labute approximate surface area is 118 Å². The molecule has 2 saturated carbocycles. The maximum atomic E-state index is 12.3. The molecule has 0 saturated heterocycles. The highest BCUT2D eigenvalue weighted by molar-refractivity contribution is 6.02. The number of methoxy groups -OCH3 is 2. The van der Waals surface area contributed by atoms with Crippen LogP contribution in [-0.2, 0) is 23.9 Å². The first-order valence-corrected chi connectivity index (χ1v) is 6.85. The van der Waals surface area contributed by atoms with E-state index in [-0.39, 0.29) is 30.0 Å². The minimum atomic E-state index is -1.36. The van der Waals surface area contributed by atoms with Crippen LogP contribution in [0.2, 0.25) is 0 Å². The predicted octanol–water partition coefficient (Wildman–Crippen LogP) is 1.51. The summed E-state index contributed by atoms with van der Waals surface area (Å²) in [5, 5.41) is 0. The molecular formula is C15H20O5. The zero-order chi connectivity index (χ0) is 14.9. The van der Waals surface area contributed by atoms with Crippen molar-refractivity contribution in [3.8, 4) is 0 Å². The van der Waals surface area contributed by atoms with Gasteiger partial charge in [-0.05, 0) is 31.1 Å². The number of esters is 2. The zero-order valence-electron chi connectivity index (χ0n) is 11.9. The molecule has 110 valence electrons. The van der Waals surface area contributed by atoms with Crippen molar-refractivity contribution in [3.05, 3.63) is 12.7 Å². The van der Waals surface area contributed by atoms with Crippen LogP contribution in [0.15, 0.2) is 12.7 Å². The maximum Gasteiger partial charge on any atom is 0.323 e. The summed E-state index contributed by atoms with van der Waals surface area (Å²) in [6.45, 7) is 3.75. The Morgan fingerprint density at radius 3 is 2.40 bits per heavy atom. The first-order valence-electron chi connectivity index (χ1n) is 6.85. The largest absolute Gasteiger partial charge is 0.468 e. The van der Waals surface area contributed by atoms with E-state index in [1.54, 1.807) is 6.08 Å². The summed E-state index contributed by atoms with van der Waals surface area (Å²) in [7, 11) is 2.52. The molecule has 0 bridgehead atoms. The second-order valence-electron chi connectivity index (χ2n) is 5.55. The Balaban J connectivity index is 2.51. The molecule has 2 aliphatic rings. The van der Waals surface area contributed by atoms with Crippen molar-refractivity contribution in [3.63, 3.8) is 0 Å². The van der Waals surface area contributed by atoms with Gasteiger partial charge in [0.2, 0.25) is 0 Å². The van der Waals surface area contributed by atoms with E-state index >= 15 is 0 Å². The molecule has 2 fully saturated rings. The summed E-state index contributed by atoms with van der Waals surface area (Å²) in [6.07, 6.45) is 3.78. The fourth-order valence-electron chi connectivity index (χ4n) is 3.95. The lowest BCUT2D eigenvalue weighted by Gasteiger charge is -2.34. The standard InChI is InChI=1S/C15H20O5/c1-4-9-8-15(13(17)19-2,14(18)20-3)10-6-5-7-11(16)12(9)10/h4,9-10,12H,1,5-8H2,2-3H3. The van der Waals surface area contributed by atoms with E-state index in [1.165, 1.54) is 14.2 Å². The highest BCUT2D eigenvalue weighted by atomic mass is 16.5. The summed E-state index contributed by atoms with van der Waals surface area (Å²) in [5.41, 5.74) is -1.36. The predicted molar refractivity (Wildman–Crippen MR) is 70.6 cm³/mol. The van der Waals surface area contributed by atoms with E-state index in [9.17, 15) is 14.4 Å². The quantitative estimate of drug-likeness (QED) is 0.445. The third-order valence-electron chi connectivity index (χ3n) is 4.80. The fraction of sp³-hybridized carbons (Fsp3) is 0.667. The summed E-state index contributed by atoms with van der Waals surface area (Å²) < 4.78 is 9.70. The molecule has 0 aliphatic heterocycles. The molecule has 20 heavy (non-hydrogen) atoms. The van der Waals surface area contributed by atoms with E-state index in [0.29, 0.717) is 19.3 Å². The first kappa shape index (κ1) is 14.8.